The van der Waals surface area contributed by atoms with E-state index in [4.69, 9.17) is 12.2 Å². The van der Waals surface area contributed by atoms with Crippen molar-refractivity contribution in [3.63, 3.8) is 0 Å². The molecule has 0 atom stereocenters. The molecular formula is C22H20N3O3S+. The molecule has 0 unspecified atom stereocenters. The van der Waals surface area contributed by atoms with Gasteiger partial charge in [-0.05, 0) is 26.0 Å². The fraction of sp³-hybridized carbons (Fsp3) is 0.0909. The quantitative estimate of drug-likeness (QED) is 0.159. The van der Waals surface area contributed by atoms with Crippen molar-refractivity contribution < 1.29 is 14.6 Å². The summed E-state index contributed by atoms with van der Waals surface area (Å²) in [6.07, 6.45) is 3.49. The topological polar surface area (TPSA) is 79.3 Å². The van der Waals surface area contributed by atoms with Gasteiger partial charge in [-0.25, -0.2) is 0 Å². The molecule has 0 aliphatic rings. The number of thiocarbonyl (C=S) groups is 1. The first-order chi connectivity index (χ1) is 13.9. The molecule has 1 aromatic heterocycles. The minimum Gasteiger partial charge on any atom is -0.502 e. The standard InChI is InChI=1S/C22H19N3O3S/c1-15-6-10-18(11-7-15)23-22(29)20(24-12-4-3-5-13-24)21(26)17-9-8-16(2)19(14-17)25(27)28/h3-14H,1-2H3,(H-,23,26,29)/p+1. The Morgan fingerprint density at radius 3 is 2.34 bits per heavy atom. The largest absolute Gasteiger partial charge is 0.502 e. The summed E-state index contributed by atoms with van der Waals surface area (Å²) in [5, 5.41) is 25.5. The van der Waals surface area contributed by atoms with Gasteiger partial charge in [-0.3, -0.25) is 10.1 Å². The van der Waals surface area contributed by atoms with Crippen molar-refractivity contribution in [2.45, 2.75) is 13.8 Å². The molecule has 0 saturated heterocycles. The Balaban J connectivity index is 2.10. The number of hydrogen-bond donors (Lipinski definition) is 2. The lowest BCUT2D eigenvalue weighted by atomic mass is 10.1. The number of pyridine rings is 1. The van der Waals surface area contributed by atoms with Gasteiger partial charge >= 0.3 is 0 Å². The average molecular weight is 406 g/mol. The van der Waals surface area contributed by atoms with Crippen LogP contribution in [0, 0.1) is 24.0 Å². The number of nitro benzene ring substituents is 1. The molecule has 6 nitrogen and oxygen atoms in total. The Morgan fingerprint density at radius 2 is 1.72 bits per heavy atom. The average Bonchev–Trinajstić information content (AvgIpc) is 2.70. The molecule has 146 valence electrons. The summed E-state index contributed by atoms with van der Waals surface area (Å²) in [6.45, 7) is 3.64. The van der Waals surface area contributed by atoms with E-state index >= 15 is 0 Å². The van der Waals surface area contributed by atoms with Crippen molar-refractivity contribution in [1.29, 1.82) is 0 Å². The lowest BCUT2D eigenvalue weighted by molar-refractivity contribution is -0.575. The number of nitrogens with zero attached hydrogens (tertiary/aromatic N) is 2. The van der Waals surface area contributed by atoms with Crippen LogP contribution in [0.3, 0.4) is 0 Å². The van der Waals surface area contributed by atoms with Crippen LogP contribution in [-0.2, 0) is 0 Å². The highest BCUT2D eigenvalue weighted by Crippen LogP contribution is 2.25. The maximum Gasteiger partial charge on any atom is 0.288 e. The second kappa shape index (κ2) is 8.62. The molecule has 0 radical (unpaired) electrons. The fourth-order valence-corrected chi connectivity index (χ4v) is 3.13. The van der Waals surface area contributed by atoms with E-state index in [0.717, 1.165) is 11.3 Å². The van der Waals surface area contributed by atoms with Gasteiger partial charge in [0.05, 0.1) is 4.92 Å². The van der Waals surface area contributed by atoms with Crippen LogP contribution in [0.2, 0.25) is 0 Å². The number of aliphatic hydroxyl groups excluding tert-OH is 1. The maximum atomic E-state index is 11.3. The molecule has 0 saturated carbocycles. The third-order valence-corrected chi connectivity index (χ3v) is 4.70. The number of nitrogens with one attached hydrogen (secondary N) is 1. The minimum atomic E-state index is -0.468. The van der Waals surface area contributed by atoms with E-state index in [2.05, 4.69) is 5.32 Å². The van der Waals surface area contributed by atoms with Gasteiger partial charge in [-0.15, -0.1) is 0 Å². The van der Waals surface area contributed by atoms with Gasteiger partial charge < -0.3 is 10.4 Å². The molecule has 3 aromatic rings. The van der Waals surface area contributed by atoms with Crippen LogP contribution in [-0.4, -0.2) is 15.0 Å². The smallest absolute Gasteiger partial charge is 0.288 e. The predicted molar refractivity (Wildman–Crippen MR) is 118 cm³/mol. The van der Waals surface area contributed by atoms with Crippen LogP contribution >= 0.6 is 12.2 Å². The number of aryl methyl sites for hydroxylation is 2. The van der Waals surface area contributed by atoms with Gasteiger partial charge in [0, 0.05) is 35.0 Å². The Hall–Kier alpha value is -3.58. The second-order valence-corrected chi connectivity index (χ2v) is 6.97. The van der Waals surface area contributed by atoms with Crippen LogP contribution in [0.1, 0.15) is 16.7 Å². The summed E-state index contributed by atoms with van der Waals surface area (Å²) in [6, 6.07) is 17.7. The first-order valence-corrected chi connectivity index (χ1v) is 9.31. The summed E-state index contributed by atoms with van der Waals surface area (Å²) >= 11 is 5.58. The van der Waals surface area contributed by atoms with E-state index in [1.807, 2.05) is 37.3 Å². The second-order valence-electron chi connectivity index (χ2n) is 6.56. The van der Waals surface area contributed by atoms with E-state index in [-0.39, 0.29) is 16.4 Å². The highest BCUT2D eigenvalue weighted by atomic mass is 32.1. The predicted octanol–water partition coefficient (Wildman–Crippen LogP) is 4.82. The molecule has 2 aromatic carbocycles. The van der Waals surface area contributed by atoms with Gasteiger partial charge in [0.2, 0.25) is 0 Å². The molecule has 3 rings (SSSR count). The van der Waals surface area contributed by atoms with Crippen molar-refractivity contribution >= 4 is 40.0 Å². The van der Waals surface area contributed by atoms with E-state index in [9.17, 15) is 15.2 Å². The molecule has 1 heterocycles. The summed E-state index contributed by atoms with van der Waals surface area (Å²) in [5.41, 5.74) is 2.97. The number of hydrogen-bond acceptors (Lipinski definition) is 4. The first-order valence-electron chi connectivity index (χ1n) is 8.90. The number of aliphatic hydroxyl groups is 1. The Morgan fingerprint density at radius 1 is 1.07 bits per heavy atom. The molecule has 0 bridgehead atoms. The van der Waals surface area contributed by atoms with Gasteiger partial charge in [-0.1, -0.05) is 48.1 Å². The van der Waals surface area contributed by atoms with Crippen LogP contribution in [0.5, 0.6) is 0 Å². The first kappa shape index (κ1) is 20.2. The Kier molecular flexibility index (Phi) is 5.99. The van der Waals surface area contributed by atoms with Gasteiger partial charge in [0.15, 0.2) is 23.1 Å². The van der Waals surface area contributed by atoms with Crippen molar-refractivity contribution in [2.24, 2.45) is 0 Å². The van der Waals surface area contributed by atoms with Gasteiger partial charge in [0.1, 0.15) is 0 Å². The third-order valence-electron chi connectivity index (χ3n) is 4.40. The molecule has 2 N–H and O–H groups in total. The minimum absolute atomic E-state index is 0.0659. The van der Waals surface area contributed by atoms with E-state index in [1.54, 1.807) is 48.1 Å². The highest BCUT2D eigenvalue weighted by Gasteiger charge is 2.25. The van der Waals surface area contributed by atoms with Crippen molar-refractivity contribution in [3.8, 4) is 0 Å². The maximum absolute atomic E-state index is 11.3. The summed E-state index contributed by atoms with van der Waals surface area (Å²) in [5.74, 6) is -0.158. The van der Waals surface area contributed by atoms with Crippen molar-refractivity contribution in [2.75, 3.05) is 5.32 Å². The van der Waals surface area contributed by atoms with Crippen LogP contribution < -0.4 is 9.88 Å². The SMILES string of the molecule is Cc1ccc(NC(=S)/C(=C(/O)c2ccc(C)c([N+](=O)[O-])c2)[n+]2ccccc2)cc1. The van der Waals surface area contributed by atoms with Crippen LogP contribution in [0.25, 0.3) is 11.5 Å². The molecule has 7 heteroatoms. The lowest BCUT2D eigenvalue weighted by Crippen LogP contribution is -2.38. The fourth-order valence-electron chi connectivity index (χ4n) is 2.81. The third kappa shape index (κ3) is 4.64. The summed E-state index contributed by atoms with van der Waals surface area (Å²) < 4.78 is 1.67. The highest BCUT2D eigenvalue weighted by molar-refractivity contribution is 7.81. The molecule has 0 amide bonds. The number of anilines is 1. The monoisotopic (exact) mass is 406 g/mol. The summed E-state index contributed by atoms with van der Waals surface area (Å²) in [7, 11) is 0. The number of nitro groups is 1. The van der Waals surface area contributed by atoms with Crippen molar-refractivity contribution in [1.82, 2.24) is 0 Å². The zero-order chi connectivity index (χ0) is 21.0. The number of rotatable bonds is 5. The number of aromatic nitrogens is 1. The molecule has 0 aliphatic carbocycles. The zero-order valence-electron chi connectivity index (χ0n) is 16.0. The van der Waals surface area contributed by atoms with E-state index < -0.39 is 4.92 Å². The normalized spacial score (nSPS) is 11.5. The van der Waals surface area contributed by atoms with Gasteiger partial charge in [-0.2, -0.15) is 4.57 Å². The Bertz CT molecular complexity index is 1090. The zero-order valence-corrected chi connectivity index (χ0v) is 16.8. The molecule has 0 spiro atoms. The molecule has 0 aliphatic heterocycles. The van der Waals surface area contributed by atoms with Gasteiger partial charge in [0.25, 0.3) is 11.4 Å². The summed E-state index contributed by atoms with van der Waals surface area (Å²) in [4.78, 5) is 11.1. The van der Waals surface area contributed by atoms with Crippen LogP contribution in [0.15, 0.2) is 73.1 Å². The van der Waals surface area contributed by atoms with Crippen LogP contribution in [0.4, 0.5) is 11.4 Å². The molecule has 29 heavy (non-hydrogen) atoms. The Labute approximate surface area is 173 Å². The van der Waals surface area contributed by atoms with Crippen molar-refractivity contribution in [3.05, 3.63) is 99.9 Å². The number of benzene rings is 2. The van der Waals surface area contributed by atoms with E-state index in [0.29, 0.717) is 16.8 Å². The lowest BCUT2D eigenvalue weighted by Gasteiger charge is -2.10. The van der Waals surface area contributed by atoms with E-state index in [1.165, 1.54) is 6.07 Å². The molecular weight excluding hydrogens is 386 g/mol. The molecule has 0 fully saturated rings.